The molecule has 2 atom stereocenters. The first-order chi connectivity index (χ1) is 14.9. The lowest BCUT2D eigenvalue weighted by Crippen LogP contribution is -2.68. The molecule has 0 saturated carbocycles. The Morgan fingerprint density at radius 3 is 2.48 bits per heavy atom. The molecule has 1 saturated heterocycles. The molecule has 1 aromatic heterocycles. The summed E-state index contributed by atoms with van der Waals surface area (Å²) >= 11 is 0. The quantitative estimate of drug-likeness (QED) is 0.356. The van der Waals surface area contributed by atoms with Crippen LogP contribution in [0.5, 0.6) is 0 Å². The van der Waals surface area contributed by atoms with E-state index in [1.165, 1.54) is 0 Å². The molecule has 0 bridgehead atoms. The number of carbonyl (C=O) groups is 3. The van der Waals surface area contributed by atoms with Crippen molar-refractivity contribution in [1.82, 2.24) is 15.2 Å². The van der Waals surface area contributed by atoms with Crippen molar-refractivity contribution in [2.75, 3.05) is 6.54 Å². The molecule has 1 aliphatic rings. The number of imide groups is 1. The number of carboxylic acid groups (broad SMARTS) is 1. The van der Waals surface area contributed by atoms with Crippen LogP contribution in [0.1, 0.15) is 28.8 Å². The lowest BCUT2D eigenvalue weighted by atomic mass is 9.95. The van der Waals surface area contributed by atoms with Gasteiger partial charge in [0.05, 0.1) is 6.04 Å². The van der Waals surface area contributed by atoms with Crippen LogP contribution in [0.25, 0.3) is 10.9 Å². The molecule has 8 heteroatoms. The minimum Gasteiger partial charge on any atom is -0.478 e. The van der Waals surface area contributed by atoms with Crippen LogP contribution in [0, 0.1) is 0 Å². The van der Waals surface area contributed by atoms with Crippen LogP contribution >= 0.6 is 0 Å². The molecule has 0 aliphatic carbocycles. The van der Waals surface area contributed by atoms with Crippen molar-refractivity contribution in [3.63, 3.8) is 0 Å². The highest BCUT2D eigenvalue weighted by molar-refractivity contribution is 6.09. The molecule has 2 amide bonds. The van der Waals surface area contributed by atoms with E-state index in [1.807, 2.05) is 24.3 Å². The van der Waals surface area contributed by atoms with E-state index >= 15 is 0 Å². The van der Waals surface area contributed by atoms with Gasteiger partial charge in [0.25, 0.3) is 5.91 Å². The maximum Gasteiger partial charge on any atom is 0.345 e. The van der Waals surface area contributed by atoms with Gasteiger partial charge in [-0.25, -0.2) is 9.69 Å². The highest BCUT2D eigenvalue weighted by Crippen LogP contribution is 2.27. The van der Waals surface area contributed by atoms with Gasteiger partial charge in [-0.2, -0.15) is 0 Å². The minimum absolute atomic E-state index is 0.198. The largest absolute Gasteiger partial charge is 0.478 e. The molecule has 1 aliphatic heterocycles. The zero-order chi connectivity index (χ0) is 22.0. The molecule has 31 heavy (non-hydrogen) atoms. The van der Waals surface area contributed by atoms with Crippen LogP contribution in [0.4, 0.5) is 0 Å². The number of nitrogens with two attached hydrogens (primary N) is 1. The fraction of sp³-hybridized carbons (Fsp3) is 0.261. The Morgan fingerprint density at radius 2 is 1.81 bits per heavy atom. The van der Waals surface area contributed by atoms with Crippen LogP contribution in [-0.4, -0.2) is 51.0 Å². The molecule has 5 N–H and O–H groups in total. The molecule has 2 aromatic carbocycles. The maximum atomic E-state index is 13.4. The monoisotopic (exact) mass is 420 g/mol. The minimum atomic E-state index is -2.26. The van der Waals surface area contributed by atoms with E-state index in [4.69, 9.17) is 5.73 Å². The second kappa shape index (κ2) is 8.33. The van der Waals surface area contributed by atoms with Gasteiger partial charge in [0, 0.05) is 29.1 Å². The number of amides is 2. The zero-order valence-electron chi connectivity index (χ0n) is 16.9. The molecule has 3 aromatic rings. The molecule has 0 radical (unpaired) electrons. The molecule has 0 spiro atoms. The average Bonchev–Trinajstić information content (AvgIpc) is 3.45. The highest BCUT2D eigenvalue weighted by atomic mass is 16.4. The van der Waals surface area contributed by atoms with Crippen LogP contribution in [0.15, 0.2) is 60.8 Å². The Labute approximate surface area is 179 Å². The third-order valence-corrected chi connectivity index (χ3v) is 5.71. The number of fused-ring (bicyclic) bond motifs is 1. The van der Waals surface area contributed by atoms with Crippen molar-refractivity contribution in [1.29, 1.82) is 0 Å². The van der Waals surface area contributed by atoms with Crippen LogP contribution in [0.2, 0.25) is 0 Å². The number of para-hydroxylation sites is 1. The van der Waals surface area contributed by atoms with Gasteiger partial charge in [-0.15, -0.1) is 0 Å². The Balaban J connectivity index is 1.79. The summed E-state index contributed by atoms with van der Waals surface area (Å²) in [5, 5.41) is 14.0. The summed E-state index contributed by atoms with van der Waals surface area (Å²) in [4.78, 5) is 43.1. The molecule has 8 nitrogen and oxygen atoms in total. The molecule has 160 valence electrons. The van der Waals surface area contributed by atoms with Crippen molar-refractivity contribution in [3.8, 4) is 0 Å². The SMILES string of the molecule is N[C@](Cc1c[nH]c2ccccc12)(C(=O)O)N(C(=O)c1ccccc1)C(=O)[C@@H]1CCCN1. The van der Waals surface area contributed by atoms with Gasteiger partial charge in [-0.3, -0.25) is 15.3 Å². The average molecular weight is 420 g/mol. The number of rotatable bonds is 6. The van der Waals surface area contributed by atoms with Gasteiger partial charge in [0.1, 0.15) is 0 Å². The van der Waals surface area contributed by atoms with Crippen molar-refractivity contribution < 1.29 is 19.5 Å². The fourth-order valence-electron chi connectivity index (χ4n) is 4.06. The summed E-state index contributed by atoms with van der Waals surface area (Å²) in [6.07, 6.45) is 2.71. The van der Waals surface area contributed by atoms with Crippen LogP contribution in [-0.2, 0) is 16.0 Å². The predicted octanol–water partition coefficient (Wildman–Crippen LogP) is 1.87. The second-order valence-corrected chi connectivity index (χ2v) is 7.76. The molecular formula is C23H24N4O4. The molecule has 1 fully saturated rings. The maximum absolute atomic E-state index is 13.4. The van der Waals surface area contributed by atoms with Crippen molar-refractivity contribution >= 4 is 28.7 Å². The summed E-state index contributed by atoms with van der Waals surface area (Å²) in [6, 6.07) is 14.9. The lowest BCUT2D eigenvalue weighted by Gasteiger charge is -2.37. The number of carboxylic acids is 1. The van der Waals surface area contributed by atoms with E-state index in [0.717, 1.165) is 22.2 Å². The number of aromatic amines is 1. The summed E-state index contributed by atoms with van der Waals surface area (Å²) in [5.41, 5.74) is 5.78. The van der Waals surface area contributed by atoms with Crippen LogP contribution in [0.3, 0.4) is 0 Å². The first-order valence-electron chi connectivity index (χ1n) is 10.2. The number of nitrogens with zero attached hydrogens (tertiary/aromatic N) is 1. The third kappa shape index (κ3) is 3.83. The van der Waals surface area contributed by atoms with E-state index in [9.17, 15) is 19.5 Å². The van der Waals surface area contributed by atoms with E-state index in [2.05, 4.69) is 10.3 Å². The number of nitrogens with one attached hydrogen (secondary N) is 2. The topological polar surface area (TPSA) is 129 Å². The number of aliphatic carboxylic acids is 1. The third-order valence-electron chi connectivity index (χ3n) is 5.71. The van der Waals surface area contributed by atoms with Gasteiger partial charge in [-0.1, -0.05) is 36.4 Å². The zero-order valence-corrected chi connectivity index (χ0v) is 16.9. The summed E-state index contributed by atoms with van der Waals surface area (Å²) < 4.78 is 0. The smallest absolute Gasteiger partial charge is 0.345 e. The Bertz CT molecular complexity index is 1120. The van der Waals surface area contributed by atoms with E-state index in [0.29, 0.717) is 18.5 Å². The summed E-state index contributed by atoms with van der Waals surface area (Å²) in [7, 11) is 0. The Morgan fingerprint density at radius 1 is 1.10 bits per heavy atom. The van der Waals surface area contributed by atoms with Gasteiger partial charge >= 0.3 is 5.97 Å². The number of hydrogen-bond donors (Lipinski definition) is 4. The normalized spacial score (nSPS) is 17.9. The fourth-order valence-corrected chi connectivity index (χ4v) is 4.06. The van der Waals surface area contributed by atoms with Gasteiger partial charge < -0.3 is 15.4 Å². The number of hydrogen-bond acceptors (Lipinski definition) is 5. The Hall–Kier alpha value is -3.49. The molecule has 4 rings (SSSR count). The summed E-state index contributed by atoms with van der Waals surface area (Å²) in [5.74, 6) is -2.81. The van der Waals surface area contributed by atoms with E-state index < -0.39 is 29.5 Å². The number of carbonyl (C=O) groups excluding carboxylic acids is 2. The van der Waals surface area contributed by atoms with Crippen molar-refractivity contribution in [3.05, 3.63) is 71.9 Å². The molecule has 2 heterocycles. The van der Waals surface area contributed by atoms with E-state index in [1.54, 1.807) is 36.5 Å². The van der Waals surface area contributed by atoms with Gasteiger partial charge in [0.2, 0.25) is 11.6 Å². The van der Waals surface area contributed by atoms with Crippen molar-refractivity contribution in [2.24, 2.45) is 5.73 Å². The highest BCUT2D eigenvalue weighted by Gasteiger charge is 2.49. The molecular weight excluding hydrogens is 396 g/mol. The standard InChI is InChI=1S/C23H24N4O4/c24-23(22(30)31,13-16-14-26-18-10-5-4-9-17(16)18)27(21(29)19-11-6-12-25-19)20(28)15-7-2-1-3-8-15/h1-5,7-10,14,19,25-26H,6,11-13,24H2,(H,30,31)/t19-,23-/m0/s1. The number of aromatic nitrogens is 1. The first kappa shape index (κ1) is 20.8. The summed E-state index contributed by atoms with van der Waals surface area (Å²) in [6.45, 7) is 0.622. The van der Waals surface area contributed by atoms with Crippen molar-refractivity contribution in [2.45, 2.75) is 31.0 Å². The van der Waals surface area contributed by atoms with Crippen LogP contribution < -0.4 is 11.1 Å². The Kier molecular flexibility index (Phi) is 5.58. The number of benzene rings is 2. The second-order valence-electron chi connectivity index (χ2n) is 7.76. The first-order valence-corrected chi connectivity index (χ1v) is 10.2. The predicted molar refractivity (Wildman–Crippen MR) is 115 cm³/mol. The molecule has 0 unspecified atom stereocenters. The number of H-pyrrole nitrogens is 1. The lowest BCUT2D eigenvalue weighted by molar-refractivity contribution is -0.156. The van der Waals surface area contributed by atoms with Gasteiger partial charge in [0.15, 0.2) is 0 Å². The van der Waals surface area contributed by atoms with Gasteiger partial charge in [-0.05, 0) is 43.1 Å². The van der Waals surface area contributed by atoms with E-state index in [-0.39, 0.29) is 12.0 Å².